The van der Waals surface area contributed by atoms with Gasteiger partial charge in [-0.1, -0.05) is 55.2 Å². The summed E-state index contributed by atoms with van der Waals surface area (Å²) in [7, 11) is 0. The monoisotopic (exact) mass is 456 g/mol. The Balaban J connectivity index is 1.32. The molecular weight excluding hydrogens is 419 g/mol. The minimum absolute atomic E-state index is 0.228. The van der Waals surface area contributed by atoms with Gasteiger partial charge in [0.1, 0.15) is 6.61 Å². The number of hydrogen-bond donors (Lipinski definition) is 0. The molecule has 0 heterocycles. The molecule has 2 fully saturated rings. The molecule has 178 valence electrons. The molecule has 2 saturated carbocycles. The highest BCUT2D eigenvalue weighted by atomic mass is 19.1. The molecule has 4 unspecified atom stereocenters. The zero-order chi connectivity index (χ0) is 23.8. The molecule has 0 bridgehead atoms. The van der Waals surface area contributed by atoms with Gasteiger partial charge in [-0.2, -0.15) is 0 Å². The van der Waals surface area contributed by atoms with Gasteiger partial charge in [-0.25, -0.2) is 4.39 Å². The van der Waals surface area contributed by atoms with Crippen molar-refractivity contribution in [2.24, 2.45) is 17.8 Å². The van der Waals surface area contributed by atoms with Crippen molar-refractivity contribution in [3.05, 3.63) is 89.8 Å². The van der Waals surface area contributed by atoms with Crippen LogP contribution in [0.25, 0.3) is 0 Å². The van der Waals surface area contributed by atoms with Crippen molar-refractivity contribution < 1.29 is 9.13 Å². The van der Waals surface area contributed by atoms with Gasteiger partial charge >= 0.3 is 0 Å². The second-order valence-electron chi connectivity index (χ2n) is 9.97. The molecule has 4 atom stereocenters. The first-order chi connectivity index (χ1) is 16.7. The van der Waals surface area contributed by atoms with Gasteiger partial charge < -0.3 is 4.74 Å². The lowest BCUT2D eigenvalue weighted by molar-refractivity contribution is 0.115. The summed E-state index contributed by atoms with van der Waals surface area (Å²) >= 11 is 0. The number of halogens is 1. The van der Waals surface area contributed by atoms with Crippen LogP contribution in [0.1, 0.15) is 80.9 Å². The second kappa shape index (κ2) is 12.1. The van der Waals surface area contributed by atoms with Crippen LogP contribution in [-0.2, 0) is 0 Å². The van der Waals surface area contributed by atoms with Crippen molar-refractivity contribution in [3.8, 4) is 17.6 Å². The van der Waals surface area contributed by atoms with Crippen LogP contribution in [0.5, 0.6) is 5.75 Å². The molecule has 0 saturated heterocycles. The Kier molecular flexibility index (Phi) is 8.64. The van der Waals surface area contributed by atoms with Gasteiger partial charge in [0.15, 0.2) is 11.6 Å². The van der Waals surface area contributed by atoms with E-state index < -0.39 is 5.82 Å². The molecule has 34 heavy (non-hydrogen) atoms. The second-order valence-corrected chi connectivity index (χ2v) is 9.97. The lowest BCUT2D eigenvalue weighted by Gasteiger charge is -2.42. The standard InChI is InChI=1S/C32H37FO/c1-3-5-6-7-25-12-16-30-23-29(18-17-28(30)21-25)27-14-10-24(11-15-27)8-9-26-13-19-32(31(33)22-26)34-20-4-2/h3-5,10-11,13-15,19,22,25,28-30H,2,6-7,12,16-18,20-21,23H2,1H3/b5-3+. The van der Waals surface area contributed by atoms with Crippen molar-refractivity contribution >= 4 is 0 Å². The van der Waals surface area contributed by atoms with Crippen LogP contribution in [0.2, 0.25) is 0 Å². The third kappa shape index (κ3) is 6.41. The molecule has 0 aromatic heterocycles. The summed E-state index contributed by atoms with van der Waals surface area (Å²) in [6.45, 7) is 5.99. The maximum Gasteiger partial charge on any atom is 0.166 e. The highest BCUT2D eigenvalue weighted by molar-refractivity contribution is 5.45. The zero-order valence-corrected chi connectivity index (χ0v) is 20.4. The molecule has 0 aliphatic heterocycles. The zero-order valence-electron chi connectivity index (χ0n) is 20.4. The predicted molar refractivity (Wildman–Crippen MR) is 139 cm³/mol. The number of benzene rings is 2. The van der Waals surface area contributed by atoms with E-state index in [1.807, 2.05) is 0 Å². The number of fused-ring (bicyclic) bond motifs is 1. The average molecular weight is 457 g/mol. The molecule has 0 radical (unpaired) electrons. The van der Waals surface area contributed by atoms with Crippen molar-refractivity contribution in [1.29, 1.82) is 0 Å². The Labute approximate surface area is 205 Å². The Bertz CT molecular complexity index is 1040. The Morgan fingerprint density at radius 2 is 1.71 bits per heavy atom. The summed E-state index contributed by atoms with van der Waals surface area (Å²) in [4.78, 5) is 0. The SMILES string of the molecule is C=CCOc1ccc(C#Cc2ccc(C3CCC4CC(CC/C=C/C)CCC4C3)cc2)cc1F. The first-order valence-electron chi connectivity index (χ1n) is 12.9. The average Bonchev–Trinajstić information content (AvgIpc) is 2.87. The van der Waals surface area contributed by atoms with Crippen LogP contribution >= 0.6 is 0 Å². The van der Waals surface area contributed by atoms with E-state index in [4.69, 9.17) is 4.74 Å². The third-order valence-electron chi connectivity index (χ3n) is 7.72. The van der Waals surface area contributed by atoms with Crippen LogP contribution in [0.3, 0.4) is 0 Å². The minimum atomic E-state index is -0.397. The summed E-state index contributed by atoms with van der Waals surface area (Å²) in [6, 6.07) is 13.6. The number of rotatable bonds is 7. The fourth-order valence-electron chi connectivity index (χ4n) is 5.88. The maximum atomic E-state index is 14.1. The fourth-order valence-corrected chi connectivity index (χ4v) is 5.88. The Hall–Kier alpha value is -2.79. The van der Waals surface area contributed by atoms with E-state index in [1.54, 1.807) is 18.2 Å². The summed E-state index contributed by atoms with van der Waals surface area (Å²) < 4.78 is 19.4. The van der Waals surface area contributed by atoms with Crippen molar-refractivity contribution in [3.63, 3.8) is 0 Å². The highest BCUT2D eigenvalue weighted by Gasteiger charge is 2.35. The number of allylic oxidation sites excluding steroid dienone is 2. The van der Waals surface area contributed by atoms with Crippen LogP contribution in [-0.4, -0.2) is 6.61 Å². The van der Waals surface area contributed by atoms with E-state index in [-0.39, 0.29) is 12.4 Å². The Morgan fingerprint density at radius 1 is 0.971 bits per heavy atom. The minimum Gasteiger partial charge on any atom is -0.486 e. The Morgan fingerprint density at radius 3 is 2.47 bits per heavy atom. The molecule has 0 N–H and O–H groups in total. The van der Waals surface area contributed by atoms with Crippen LogP contribution in [0.4, 0.5) is 4.39 Å². The first kappa shape index (κ1) is 24.3. The van der Waals surface area contributed by atoms with Crippen LogP contribution in [0, 0.1) is 35.4 Å². The van der Waals surface area contributed by atoms with E-state index in [9.17, 15) is 4.39 Å². The molecule has 2 aliphatic carbocycles. The molecular formula is C32H37FO. The lowest BCUT2D eigenvalue weighted by Crippen LogP contribution is -2.30. The summed E-state index contributed by atoms with van der Waals surface area (Å²) in [5, 5.41) is 0. The van der Waals surface area contributed by atoms with E-state index in [2.05, 4.69) is 61.8 Å². The molecule has 2 aromatic rings. The largest absolute Gasteiger partial charge is 0.486 e. The normalized spacial score (nSPS) is 24.2. The lowest BCUT2D eigenvalue weighted by atomic mass is 9.63. The van der Waals surface area contributed by atoms with Crippen LogP contribution in [0.15, 0.2) is 67.3 Å². The predicted octanol–water partition coefficient (Wildman–Crippen LogP) is 8.45. The summed E-state index contributed by atoms with van der Waals surface area (Å²) in [6.07, 6.45) is 17.1. The summed E-state index contributed by atoms with van der Waals surface area (Å²) in [5.41, 5.74) is 3.06. The summed E-state index contributed by atoms with van der Waals surface area (Å²) in [5.74, 6) is 9.55. The van der Waals surface area contributed by atoms with Gasteiger partial charge in [0.2, 0.25) is 0 Å². The topological polar surface area (TPSA) is 9.23 Å². The third-order valence-corrected chi connectivity index (χ3v) is 7.72. The van der Waals surface area contributed by atoms with Gasteiger partial charge in [-0.3, -0.25) is 0 Å². The van der Waals surface area contributed by atoms with Gasteiger partial charge in [0.05, 0.1) is 0 Å². The number of ether oxygens (including phenoxy) is 1. The first-order valence-corrected chi connectivity index (χ1v) is 12.9. The molecule has 0 amide bonds. The van der Waals surface area contributed by atoms with Crippen molar-refractivity contribution in [1.82, 2.24) is 0 Å². The smallest absolute Gasteiger partial charge is 0.166 e. The van der Waals surface area contributed by atoms with Gasteiger partial charge in [0.25, 0.3) is 0 Å². The van der Waals surface area contributed by atoms with Gasteiger partial charge in [0, 0.05) is 11.1 Å². The molecule has 0 spiro atoms. The van der Waals surface area contributed by atoms with Gasteiger partial charge in [-0.05, 0) is 111 Å². The van der Waals surface area contributed by atoms with Crippen LogP contribution < -0.4 is 4.74 Å². The molecule has 1 nitrogen and oxygen atoms in total. The fraction of sp³-hybridized carbons (Fsp3) is 0.438. The van der Waals surface area contributed by atoms with E-state index in [0.717, 1.165) is 23.3 Å². The maximum absolute atomic E-state index is 14.1. The molecule has 2 aromatic carbocycles. The van der Waals surface area contributed by atoms with E-state index in [0.29, 0.717) is 11.5 Å². The number of hydrogen-bond acceptors (Lipinski definition) is 1. The molecule has 2 aliphatic rings. The molecule has 2 heteroatoms. The molecule has 4 rings (SSSR count). The van der Waals surface area contributed by atoms with E-state index in [1.165, 1.54) is 63.0 Å². The van der Waals surface area contributed by atoms with E-state index >= 15 is 0 Å². The van der Waals surface area contributed by atoms with Crippen molar-refractivity contribution in [2.45, 2.75) is 64.2 Å². The quantitative estimate of drug-likeness (QED) is 0.300. The highest BCUT2D eigenvalue weighted by Crippen LogP contribution is 2.48. The van der Waals surface area contributed by atoms with Crippen molar-refractivity contribution in [2.75, 3.05) is 6.61 Å². The van der Waals surface area contributed by atoms with Gasteiger partial charge in [-0.15, -0.1) is 0 Å².